The zero-order chi connectivity index (χ0) is 11.9. The molecular formula is C16H21NO. The average Bonchev–Trinajstić information content (AvgIpc) is 3.11. The van der Waals surface area contributed by atoms with Crippen LogP contribution in [0.15, 0.2) is 18.2 Å². The third-order valence-corrected chi connectivity index (χ3v) is 5.06. The Hall–Kier alpha value is -1.02. The van der Waals surface area contributed by atoms with Gasteiger partial charge in [0.2, 0.25) is 0 Å². The van der Waals surface area contributed by atoms with Crippen molar-refractivity contribution in [2.24, 2.45) is 11.8 Å². The number of hydrogen-bond donors (Lipinski definition) is 1. The molecule has 1 aromatic carbocycles. The first-order valence-corrected chi connectivity index (χ1v) is 7.36. The zero-order valence-electron chi connectivity index (χ0n) is 10.8. The first-order valence-electron chi connectivity index (χ1n) is 7.36. The fourth-order valence-corrected chi connectivity index (χ4v) is 4.09. The standard InChI is InChI=1S/C16H21NO/c1-3-13-7-11(1)9-15(13)17-10-12-2-4-16-14(8-12)5-6-18-16/h2,4,8,11,13,15,17H,1,3,5-7,9-10H2. The number of nitrogens with one attached hydrogen (secondary N) is 1. The highest BCUT2D eigenvalue weighted by Crippen LogP contribution is 2.44. The first kappa shape index (κ1) is 10.9. The molecule has 1 N–H and O–H groups in total. The SMILES string of the molecule is c1cc2c(cc1CNC1CC3CCC1C3)CCO2. The Morgan fingerprint density at radius 1 is 1.22 bits per heavy atom. The molecular weight excluding hydrogens is 222 g/mol. The lowest BCUT2D eigenvalue weighted by atomic mass is 9.95. The molecule has 2 heteroatoms. The third-order valence-electron chi connectivity index (χ3n) is 5.06. The first-order chi connectivity index (χ1) is 8.88. The molecule has 3 unspecified atom stereocenters. The Balaban J connectivity index is 1.40. The van der Waals surface area contributed by atoms with Gasteiger partial charge in [-0.2, -0.15) is 0 Å². The molecule has 4 rings (SSSR count). The summed E-state index contributed by atoms with van der Waals surface area (Å²) in [4.78, 5) is 0. The minimum absolute atomic E-state index is 0.785. The van der Waals surface area contributed by atoms with E-state index in [0.717, 1.165) is 43.2 Å². The van der Waals surface area contributed by atoms with Gasteiger partial charge < -0.3 is 10.1 Å². The van der Waals surface area contributed by atoms with Crippen LogP contribution in [0.5, 0.6) is 5.75 Å². The predicted octanol–water partition coefficient (Wildman–Crippen LogP) is 2.90. The Bertz CT molecular complexity index is 456. The molecule has 1 heterocycles. The summed E-state index contributed by atoms with van der Waals surface area (Å²) in [6, 6.07) is 7.46. The third kappa shape index (κ3) is 1.83. The molecule has 2 saturated carbocycles. The Labute approximate surface area is 109 Å². The lowest BCUT2D eigenvalue weighted by Crippen LogP contribution is -2.33. The maximum Gasteiger partial charge on any atom is 0.122 e. The minimum atomic E-state index is 0.785. The molecule has 2 bridgehead atoms. The van der Waals surface area contributed by atoms with Crippen LogP contribution < -0.4 is 10.1 Å². The van der Waals surface area contributed by atoms with Gasteiger partial charge in [0, 0.05) is 19.0 Å². The van der Waals surface area contributed by atoms with Crippen molar-refractivity contribution in [3.05, 3.63) is 29.3 Å². The van der Waals surface area contributed by atoms with Gasteiger partial charge in [0.15, 0.2) is 0 Å². The Kier molecular flexibility index (Phi) is 2.58. The topological polar surface area (TPSA) is 21.3 Å². The van der Waals surface area contributed by atoms with Gasteiger partial charge >= 0.3 is 0 Å². The normalized spacial score (nSPS) is 32.6. The van der Waals surface area contributed by atoms with Crippen molar-refractivity contribution in [3.63, 3.8) is 0 Å². The highest BCUT2D eigenvalue weighted by atomic mass is 16.5. The van der Waals surface area contributed by atoms with Crippen LogP contribution in [-0.2, 0) is 13.0 Å². The van der Waals surface area contributed by atoms with Crippen LogP contribution >= 0.6 is 0 Å². The molecule has 0 aromatic heterocycles. The van der Waals surface area contributed by atoms with Gasteiger partial charge in [-0.15, -0.1) is 0 Å². The quantitative estimate of drug-likeness (QED) is 0.881. The van der Waals surface area contributed by atoms with E-state index in [1.807, 2.05) is 0 Å². The molecule has 0 spiro atoms. The van der Waals surface area contributed by atoms with E-state index in [-0.39, 0.29) is 0 Å². The predicted molar refractivity (Wildman–Crippen MR) is 71.7 cm³/mol. The van der Waals surface area contributed by atoms with Crippen molar-refractivity contribution in [2.75, 3.05) is 6.61 Å². The van der Waals surface area contributed by atoms with Crippen molar-refractivity contribution < 1.29 is 4.74 Å². The van der Waals surface area contributed by atoms with Gasteiger partial charge in [-0.3, -0.25) is 0 Å². The molecule has 18 heavy (non-hydrogen) atoms. The largest absolute Gasteiger partial charge is 0.493 e. The summed E-state index contributed by atoms with van der Waals surface area (Å²) in [5.41, 5.74) is 2.81. The van der Waals surface area contributed by atoms with E-state index >= 15 is 0 Å². The maximum atomic E-state index is 5.55. The zero-order valence-corrected chi connectivity index (χ0v) is 10.8. The average molecular weight is 243 g/mol. The van der Waals surface area contributed by atoms with Crippen LogP contribution in [0.2, 0.25) is 0 Å². The molecule has 3 aliphatic rings. The minimum Gasteiger partial charge on any atom is -0.493 e. The van der Waals surface area contributed by atoms with E-state index in [1.54, 1.807) is 0 Å². The van der Waals surface area contributed by atoms with Gasteiger partial charge in [0.1, 0.15) is 5.75 Å². The van der Waals surface area contributed by atoms with Gasteiger partial charge in [-0.05, 0) is 48.3 Å². The Morgan fingerprint density at radius 3 is 3.06 bits per heavy atom. The number of fused-ring (bicyclic) bond motifs is 3. The molecule has 2 nitrogen and oxygen atoms in total. The van der Waals surface area contributed by atoms with Crippen molar-refractivity contribution >= 4 is 0 Å². The highest BCUT2D eigenvalue weighted by Gasteiger charge is 2.38. The fourth-order valence-electron chi connectivity index (χ4n) is 4.09. The molecule has 1 aromatic rings. The summed E-state index contributed by atoms with van der Waals surface area (Å²) in [5, 5.41) is 3.78. The van der Waals surface area contributed by atoms with Gasteiger partial charge in [-0.1, -0.05) is 18.6 Å². The number of hydrogen-bond acceptors (Lipinski definition) is 2. The van der Waals surface area contributed by atoms with E-state index in [9.17, 15) is 0 Å². The van der Waals surface area contributed by atoms with Crippen LogP contribution in [0.25, 0.3) is 0 Å². The van der Waals surface area contributed by atoms with E-state index < -0.39 is 0 Å². The molecule has 96 valence electrons. The van der Waals surface area contributed by atoms with Crippen molar-refractivity contribution in [3.8, 4) is 5.75 Å². The summed E-state index contributed by atoms with van der Waals surface area (Å²) in [6.45, 7) is 1.89. The second-order valence-electron chi connectivity index (χ2n) is 6.20. The summed E-state index contributed by atoms with van der Waals surface area (Å²) in [6.07, 6.45) is 6.92. The lowest BCUT2D eigenvalue weighted by Gasteiger charge is -2.23. The number of ether oxygens (including phenoxy) is 1. The van der Waals surface area contributed by atoms with Crippen molar-refractivity contribution in [1.82, 2.24) is 5.32 Å². The molecule has 0 amide bonds. The summed E-state index contributed by atoms with van der Waals surface area (Å²) in [7, 11) is 0. The second-order valence-corrected chi connectivity index (χ2v) is 6.20. The van der Waals surface area contributed by atoms with Crippen molar-refractivity contribution in [1.29, 1.82) is 0 Å². The number of benzene rings is 1. The monoisotopic (exact) mass is 243 g/mol. The van der Waals surface area contributed by atoms with E-state index in [1.165, 1.54) is 36.8 Å². The smallest absolute Gasteiger partial charge is 0.122 e. The van der Waals surface area contributed by atoms with Gasteiger partial charge in [-0.25, -0.2) is 0 Å². The van der Waals surface area contributed by atoms with Crippen LogP contribution in [-0.4, -0.2) is 12.6 Å². The summed E-state index contributed by atoms with van der Waals surface area (Å²) in [5.74, 6) is 3.09. The van der Waals surface area contributed by atoms with Crippen LogP contribution in [0.1, 0.15) is 36.8 Å². The van der Waals surface area contributed by atoms with Crippen LogP contribution in [0.3, 0.4) is 0 Å². The van der Waals surface area contributed by atoms with E-state index in [4.69, 9.17) is 4.74 Å². The summed E-state index contributed by atoms with van der Waals surface area (Å²) < 4.78 is 5.55. The second kappa shape index (κ2) is 4.27. The maximum absolute atomic E-state index is 5.55. The molecule has 0 radical (unpaired) electrons. The van der Waals surface area contributed by atoms with Crippen LogP contribution in [0.4, 0.5) is 0 Å². The fraction of sp³-hybridized carbons (Fsp3) is 0.625. The number of rotatable bonds is 3. The van der Waals surface area contributed by atoms with E-state index in [0.29, 0.717) is 0 Å². The summed E-state index contributed by atoms with van der Waals surface area (Å²) >= 11 is 0. The van der Waals surface area contributed by atoms with Gasteiger partial charge in [0.25, 0.3) is 0 Å². The molecule has 2 fully saturated rings. The van der Waals surface area contributed by atoms with Crippen LogP contribution in [0, 0.1) is 11.8 Å². The van der Waals surface area contributed by atoms with Gasteiger partial charge in [0.05, 0.1) is 6.61 Å². The molecule has 0 saturated heterocycles. The Morgan fingerprint density at radius 2 is 2.22 bits per heavy atom. The lowest BCUT2D eigenvalue weighted by molar-refractivity contribution is 0.350. The van der Waals surface area contributed by atoms with E-state index in [2.05, 4.69) is 23.5 Å². The molecule has 2 aliphatic carbocycles. The molecule has 1 aliphatic heterocycles. The molecule has 3 atom stereocenters. The van der Waals surface area contributed by atoms with Crippen molar-refractivity contribution in [2.45, 2.75) is 44.7 Å². The highest BCUT2D eigenvalue weighted by molar-refractivity contribution is 5.39.